The lowest BCUT2D eigenvalue weighted by Gasteiger charge is -2.29. The summed E-state index contributed by atoms with van der Waals surface area (Å²) in [5, 5.41) is 8.15. The zero-order chi connectivity index (χ0) is 21.8. The van der Waals surface area contributed by atoms with Gasteiger partial charge in [-0.1, -0.05) is 12.1 Å². The number of aromatic nitrogens is 3. The maximum absolute atomic E-state index is 5.35. The van der Waals surface area contributed by atoms with Gasteiger partial charge in [0.25, 0.3) is 0 Å². The number of hydrogen-bond acceptors (Lipinski definition) is 4. The van der Waals surface area contributed by atoms with E-state index < -0.39 is 0 Å². The number of nitrogens with zero attached hydrogens (tertiary/aromatic N) is 3. The summed E-state index contributed by atoms with van der Waals surface area (Å²) in [4.78, 5) is 4.79. The van der Waals surface area contributed by atoms with Crippen molar-refractivity contribution in [3.8, 4) is 16.9 Å². The highest BCUT2D eigenvalue weighted by Crippen LogP contribution is 2.36. The van der Waals surface area contributed by atoms with E-state index in [1.54, 1.807) is 7.11 Å². The topological polar surface area (TPSA) is 52.0 Å². The standard InChI is InChI=1S/C26H34N4O/c1-18(2)30-17-23(16-28-30)22-6-5-7-24(14-22)27-15-20-8-10-21(11-9-20)25-12-13-26(31-4)19(3)29-25/h5-7,12-14,16-18,20-21,27H,8-11,15H2,1-4H3. The van der Waals surface area contributed by atoms with Gasteiger partial charge in [0.05, 0.1) is 19.0 Å². The quantitative estimate of drug-likeness (QED) is 0.494. The van der Waals surface area contributed by atoms with Gasteiger partial charge < -0.3 is 10.1 Å². The Morgan fingerprint density at radius 3 is 2.58 bits per heavy atom. The van der Waals surface area contributed by atoms with Crippen molar-refractivity contribution in [1.82, 2.24) is 14.8 Å². The van der Waals surface area contributed by atoms with Crippen LogP contribution < -0.4 is 10.1 Å². The summed E-state index contributed by atoms with van der Waals surface area (Å²) in [5.41, 5.74) is 5.77. The number of nitrogens with one attached hydrogen (secondary N) is 1. The van der Waals surface area contributed by atoms with Gasteiger partial charge in [0, 0.05) is 41.6 Å². The van der Waals surface area contributed by atoms with Crippen molar-refractivity contribution in [1.29, 1.82) is 0 Å². The minimum absolute atomic E-state index is 0.377. The lowest BCUT2D eigenvalue weighted by molar-refractivity contribution is 0.334. The van der Waals surface area contributed by atoms with Crippen LogP contribution >= 0.6 is 0 Å². The first-order valence-corrected chi connectivity index (χ1v) is 11.4. The molecule has 5 nitrogen and oxygen atoms in total. The highest BCUT2D eigenvalue weighted by atomic mass is 16.5. The summed E-state index contributed by atoms with van der Waals surface area (Å²) in [6.45, 7) is 7.35. The summed E-state index contributed by atoms with van der Waals surface area (Å²) in [7, 11) is 1.70. The van der Waals surface area contributed by atoms with E-state index in [1.165, 1.54) is 48.2 Å². The second kappa shape index (κ2) is 9.54. The molecule has 0 saturated heterocycles. The van der Waals surface area contributed by atoms with Crippen molar-refractivity contribution in [2.75, 3.05) is 19.0 Å². The molecule has 1 fully saturated rings. The molecule has 31 heavy (non-hydrogen) atoms. The molecule has 1 aliphatic carbocycles. The van der Waals surface area contributed by atoms with E-state index in [2.05, 4.69) is 66.9 Å². The summed E-state index contributed by atoms with van der Waals surface area (Å²) in [5.74, 6) is 2.16. The molecule has 0 unspecified atom stereocenters. The molecule has 164 valence electrons. The van der Waals surface area contributed by atoms with E-state index in [4.69, 9.17) is 9.72 Å². The Labute approximate surface area is 185 Å². The molecule has 0 atom stereocenters. The van der Waals surface area contributed by atoms with Crippen LogP contribution in [0.25, 0.3) is 11.1 Å². The van der Waals surface area contributed by atoms with E-state index in [0.717, 1.165) is 18.0 Å². The molecule has 0 radical (unpaired) electrons. The fourth-order valence-corrected chi connectivity index (χ4v) is 4.51. The summed E-state index contributed by atoms with van der Waals surface area (Å²) in [6, 6.07) is 13.2. The van der Waals surface area contributed by atoms with Crippen LogP contribution in [0.5, 0.6) is 5.75 Å². The van der Waals surface area contributed by atoms with Crippen LogP contribution in [0.2, 0.25) is 0 Å². The normalized spacial score (nSPS) is 18.9. The Bertz CT molecular complexity index is 1000. The van der Waals surface area contributed by atoms with Gasteiger partial charge in [-0.15, -0.1) is 0 Å². The Morgan fingerprint density at radius 2 is 1.90 bits per heavy atom. The molecule has 0 spiro atoms. The molecular formula is C26H34N4O. The predicted octanol–water partition coefficient (Wildman–Crippen LogP) is 6.23. The third kappa shape index (κ3) is 5.09. The average Bonchev–Trinajstić information content (AvgIpc) is 3.29. The number of benzene rings is 1. The molecule has 3 aromatic rings. The van der Waals surface area contributed by atoms with Crippen molar-refractivity contribution in [3.05, 3.63) is 60.2 Å². The minimum Gasteiger partial charge on any atom is -0.495 e. The zero-order valence-electron chi connectivity index (χ0n) is 19.1. The summed E-state index contributed by atoms with van der Waals surface area (Å²) >= 11 is 0. The maximum atomic E-state index is 5.35. The van der Waals surface area contributed by atoms with Gasteiger partial charge in [0.1, 0.15) is 5.75 Å². The summed E-state index contributed by atoms with van der Waals surface area (Å²) < 4.78 is 7.36. The van der Waals surface area contributed by atoms with Gasteiger partial charge in [0.15, 0.2) is 0 Å². The Hall–Kier alpha value is -2.82. The van der Waals surface area contributed by atoms with E-state index in [0.29, 0.717) is 17.9 Å². The first kappa shape index (κ1) is 21.4. The van der Waals surface area contributed by atoms with Gasteiger partial charge in [-0.25, -0.2) is 0 Å². The van der Waals surface area contributed by atoms with Crippen LogP contribution in [0.4, 0.5) is 5.69 Å². The molecule has 4 rings (SSSR count). The van der Waals surface area contributed by atoms with E-state index in [1.807, 2.05) is 17.8 Å². The molecule has 2 heterocycles. The molecule has 1 aliphatic rings. The van der Waals surface area contributed by atoms with Crippen LogP contribution in [0.3, 0.4) is 0 Å². The smallest absolute Gasteiger partial charge is 0.140 e. The summed E-state index contributed by atoms with van der Waals surface area (Å²) in [6.07, 6.45) is 8.98. The molecule has 0 bridgehead atoms. The Balaban J connectivity index is 1.31. The van der Waals surface area contributed by atoms with Crippen LogP contribution in [0.15, 0.2) is 48.8 Å². The number of aryl methyl sites for hydroxylation is 1. The second-order valence-corrected chi connectivity index (χ2v) is 9.01. The molecule has 1 saturated carbocycles. The molecule has 2 aromatic heterocycles. The highest BCUT2D eigenvalue weighted by Gasteiger charge is 2.23. The molecule has 1 N–H and O–H groups in total. The van der Waals surface area contributed by atoms with Gasteiger partial charge in [0.2, 0.25) is 0 Å². The number of pyridine rings is 1. The number of ether oxygens (including phenoxy) is 1. The highest BCUT2D eigenvalue weighted by molar-refractivity contribution is 5.67. The van der Waals surface area contributed by atoms with Crippen LogP contribution in [0.1, 0.15) is 62.9 Å². The fraction of sp³-hybridized carbons (Fsp3) is 0.462. The van der Waals surface area contributed by atoms with Gasteiger partial charge in [-0.3, -0.25) is 9.67 Å². The number of anilines is 1. The average molecular weight is 419 g/mol. The van der Waals surface area contributed by atoms with Crippen LogP contribution in [-0.4, -0.2) is 28.4 Å². The lowest BCUT2D eigenvalue weighted by Crippen LogP contribution is -2.21. The minimum atomic E-state index is 0.377. The lowest BCUT2D eigenvalue weighted by atomic mass is 9.80. The zero-order valence-corrected chi connectivity index (χ0v) is 19.1. The van der Waals surface area contributed by atoms with Crippen molar-refractivity contribution in [3.63, 3.8) is 0 Å². The number of methoxy groups -OCH3 is 1. The largest absolute Gasteiger partial charge is 0.495 e. The van der Waals surface area contributed by atoms with Gasteiger partial charge >= 0.3 is 0 Å². The molecular weight excluding hydrogens is 384 g/mol. The fourth-order valence-electron chi connectivity index (χ4n) is 4.51. The molecule has 5 heteroatoms. The number of rotatable bonds is 7. The second-order valence-electron chi connectivity index (χ2n) is 9.01. The molecule has 0 aliphatic heterocycles. The first-order valence-electron chi connectivity index (χ1n) is 11.4. The SMILES string of the molecule is COc1ccc(C2CCC(CNc3cccc(-c4cnn(C(C)C)c4)c3)CC2)nc1C. The third-order valence-electron chi connectivity index (χ3n) is 6.47. The van der Waals surface area contributed by atoms with E-state index in [9.17, 15) is 0 Å². The van der Waals surface area contributed by atoms with Crippen molar-refractivity contribution in [2.24, 2.45) is 5.92 Å². The molecule has 0 amide bonds. The third-order valence-corrected chi connectivity index (χ3v) is 6.47. The Kier molecular flexibility index (Phi) is 6.59. The van der Waals surface area contributed by atoms with E-state index >= 15 is 0 Å². The van der Waals surface area contributed by atoms with Gasteiger partial charge in [-0.2, -0.15) is 5.10 Å². The Morgan fingerprint density at radius 1 is 1.10 bits per heavy atom. The van der Waals surface area contributed by atoms with Crippen molar-refractivity contribution < 1.29 is 4.74 Å². The van der Waals surface area contributed by atoms with Crippen LogP contribution in [-0.2, 0) is 0 Å². The monoisotopic (exact) mass is 418 g/mol. The van der Waals surface area contributed by atoms with Crippen molar-refractivity contribution in [2.45, 2.75) is 58.4 Å². The van der Waals surface area contributed by atoms with Crippen molar-refractivity contribution >= 4 is 5.69 Å². The van der Waals surface area contributed by atoms with E-state index in [-0.39, 0.29) is 0 Å². The predicted molar refractivity (Wildman–Crippen MR) is 127 cm³/mol. The van der Waals surface area contributed by atoms with Gasteiger partial charge in [-0.05, 0) is 82.2 Å². The van der Waals surface area contributed by atoms with Crippen LogP contribution in [0, 0.1) is 12.8 Å². The first-order chi connectivity index (χ1) is 15.0. The number of hydrogen-bond donors (Lipinski definition) is 1. The maximum Gasteiger partial charge on any atom is 0.140 e. The molecule has 1 aromatic carbocycles.